The molecule has 0 saturated carbocycles. The van der Waals surface area contributed by atoms with Crippen LogP contribution in [0.1, 0.15) is 10.4 Å². The lowest BCUT2D eigenvalue weighted by Gasteiger charge is -2.06. The van der Waals surface area contributed by atoms with Crippen LogP contribution in [0.3, 0.4) is 0 Å². The first-order chi connectivity index (χ1) is 12.0. The van der Waals surface area contributed by atoms with Crippen LogP contribution in [0.15, 0.2) is 42.5 Å². The van der Waals surface area contributed by atoms with Crippen molar-refractivity contribution in [3.05, 3.63) is 57.9 Å². The Hall–Kier alpha value is -2.37. The van der Waals surface area contributed by atoms with Crippen molar-refractivity contribution < 1.29 is 14.6 Å². The minimum Gasteiger partial charge on any atom is -0.496 e. The Kier molecular flexibility index (Phi) is 5.06. The summed E-state index contributed by atoms with van der Waals surface area (Å²) in [6, 6.07) is 13.2. The van der Waals surface area contributed by atoms with E-state index in [2.05, 4.69) is 0 Å². The van der Waals surface area contributed by atoms with Crippen molar-refractivity contribution in [1.29, 1.82) is 0 Å². The average molecular weight is 374 g/mol. The Balaban J connectivity index is 2.15. The van der Waals surface area contributed by atoms with E-state index >= 15 is 0 Å². The first-order valence-electron chi connectivity index (χ1n) is 7.60. The Morgan fingerprint density at radius 3 is 2.60 bits per heavy atom. The molecule has 3 rings (SSSR count). The van der Waals surface area contributed by atoms with Gasteiger partial charge in [0.2, 0.25) is 0 Å². The second-order valence-electron chi connectivity index (χ2n) is 5.57. The molecular formula is C19H16ClNO3S. The van der Waals surface area contributed by atoms with Crippen LogP contribution in [0.4, 0.5) is 0 Å². The fourth-order valence-corrected chi connectivity index (χ4v) is 3.78. The summed E-state index contributed by atoms with van der Waals surface area (Å²) in [5, 5.41) is 10.5. The lowest BCUT2D eigenvalue weighted by Crippen LogP contribution is -1.99. The number of aliphatic carboxylic acids is 1. The lowest BCUT2D eigenvalue weighted by molar-refractivity contribution is -0.136. The molecule has 0 unspecified atom stereocenters. The number of nitrogens with zero attached hydrogens (tertiary/aromatic N) is 1. The van der Waals surface area contributed by atoms with Gasteiger partial charge in [0.1, 0.15) is 10.8 Å². The highest BCUT2D eigenvalue weighted by Gasteiger charge is 2.19. The van der Waals surface area contributed by atoms with E-state index in [9.17, 15) is 9.90 Å². The summed E-state index contributed by atoms with van der Waals surface area (Å²) in [5.41, 5.74) is 3.47. The summed E-state index contributed by atoms with van der Waals surface area (Å²) in [6.07, 6.45) is -0.0796. The maximum atomic E-state index is 11.3. The Morgan fingerprint density at radius 2 is 1.96 bits per heavy atom. The van der Waals surface area contributed by atoms with E-state index in [0.29, 0.717) is 26.4 Å². The minimum atomic E-state index is -0.887. The number of carbonyl (C=O) groups is 1. The van der Waals surface area contributed by atoms with Gasteiger partial charge in [-0.1, -0.05) is 41.4 Å². The predicted molar refractivity (Wildman–Crippen MR) is 101 cm³/mol. The van der Waals surface area contributed by atoms with E-state index in [4.69, 9.17) is 21.3 Å². The number of aromatic nitrogens is 1. The van der Waals surface area contributed by atoms with Crippen molar-refractivity contribution in [3.8, 4) is 27.6 Å². The normalized spacial score (nSPS) is 10.7. The van der Waals surface area contributed by atoms with Gasteiger partial charge in [-0.15, -0.1) is 11.3 Å². The summed E-state index contributed by atoms with van der Waals surface area (Å²) < 4.78 is 5.40. The van der Waals surface area contributed by atoms with E-state index in [1.807, 2.05) is 31.2 Å². The van der Waals surface area contributed by atoms with E-state index in [-0.39, 0.29) is 6.42 Å². The van der Waals surface area contributed by atoms with Crippen molar-refractivity contribution in [1.82, 2.24) is 4.98 Å². The Labute approximate surface area is 154 Å². The molecule has 2 aromatic carbocycles. The van der Waals surface area contributed by atoms with Crippen LogP contribution in [-0.4, -0.2) is 23.2 Å². The standard InChI is InChI=1S/C19H16ClNO3S/c1-11-3-5-12(6-4-11)18-16(10-17(22)23)25-19(21-18)14-9-13(20)7-8-15(14)24-2/h3-9H,10H2,1-2H3,(H,22,23). The van der Waals surface area contributed by atoms with Gasteiger partial charge in [-0.2, -0.15) is 0 Å². The number of carboxylic acid groups (broad SMARTS) is 1. The third kappa shape index (κ3) is 3.83. The molecule has 0 spiro atoms. The number of methoxy groups -OCH3 is 1. The van der Waals surface area contributed by atoms with E-state index < -0.39 is 5.97 Å². The number of ether oxygens (including phenoxy) is 1. The van der Waals surface area contributed by atoms with Gasteiger partial charge >= 0.3 is 5.97 Å². The van der Waals surface area contributed by atoms with Crippen molar-refractivity contribution in [2.75, 3.05) is 7.11 Å². The molecule has 0 fully saturated rings. The predicted octanol–water partition coefficient (Wildman–Crippen LogP) is 5.07. The second kappa shape index (κ2) is 7.25. The maximum absolute atomic E-state index is 11.3. The van der Waals surface area contributed by atoms with Crippen molar-refractivity contribution in [2.45, 2.75) is 13.3 Å². The van der Waals surface area contributed by atoms with Gasteiger partial charge in [0.05, 0.1) is 24.8 Å². The number of carboxylic acids is 1. The van der Waals surface area contributed by atoms with Crippen LogP contribution in [0.5, 0.6) is 5.75 Å². The number of rotatable bonds is 5. The molecule has 0 saturated heterocycles. The molecule has 1 heterocycles. The van der Waals surface area contributed by atoms with Crippen molar-refractivity contribution >= 4 is 28.9 Å². The number of hydrogen-bond acceptors (Lipinski definition) is 4. The smallest absolute Gasteiger partial charge is 0.308 e. The fraction of sp³-hybridized carbons (Fsp3) is 0.158. The topological polar surface area (TPSA) is 59.4 Å². The zero-order valence-electron chi connectivity index (χ0n) is 13.7. The van der Waals surface area contributed by atoms with Crippen LogP contribution in [0.25, 0.3) is 21.8 Å². The van der Waals surface area contributed by atoms with Crippen molar-refractivity contribution in [3.63, 3.8) is 0 Å². The second-order valence-corrected chi connectivity index (χ2v) is 7.09. The lowest BCUT2D eigenvalue weighted by atomic mass is 10.1. The van der Waals surface area contributed by atoms with Gasteiger partial charge in [-0.25, -0.2) is 4.98 Å². The van der Waals surface area contributed by atoms with Gasteiger partial charge in [0.25, 0.3) is 0 Å². The fourth-order valence-electron chi connectivity index (χ4n) is 2.51. The third-order valence-electron chi connectivity index (χ3n) is 3.73. The number of halogens is 1. The van der Waals surface area contributed by atoms with Crippen LogP contribution in [0, 0.1) is 6.92 Å². The molecule has 0 radical (unpaired) electrons. The molecule has 0 aliphatic heterocycles. The molecule has 0 aliphatic rings. The summed E-state index contributed by atoms with van der Waals surface area (Å²) in [7, 11) is 1.58. The first-order valence-corrected chi connectivity index (χ1v) is 8.80. The summed E-state index contributed by atoms with van der Waals surface area (Å²) >= 11 is 7.46. The zero-order valence-corrected chi connectivity index (χ0v) is 15.3. The molecule has 128 valence electrons. The Morgan fingerprint density at radius 1 is 1.24 bits per heavy atom. The molecule has 25 heavy (non-hydrogen) atoms. The van der Waals surface area contributed by atoms with E-state index in [0.717, 1.165) is 16.7 Å². The quantitative estimate of drug-likeness (QED) is 0.677. The Bertz CT molecular complexity index is 919. The van der Waals surface area contributed by atoms with Crippen LogP contribution in [-0.2, 0) is 11.2 Å². The molecule has 0 atom stereocenters. The minimum absolute atomic E-state index is 0.0796. The molecule has 4 nitrogen and oxygen atoms in total. The highest BCUT2D eigenvalue weighted by atomic mass is 35.5. The van der Waals surface area contributed by atoms with Gasteiger partial charge in [-0.3, -0.25) is 4.79 Å². The largest absolute Gasteiger partial charge is 0.496 e. The number of aryl methyl sites for hydroxylation is 1. The SMILES string of the molecule is COc1ccc(Cl)cc1-c1nc(-c2ccc(C)cc2)c(CC(=O)O)s1. The van der Waals surface area contributed by atoms with Gasteiger partial charge in [0.15, 0.2) is 0 Å². The highest BCUT2D eigenvalue weighted by Crippen LogP contribution is 2.39. The monoisotopic (exact) mass is 373 g/mol. The van der Waals surface area contributed by atoms with Crippen LogP contribution >= 0.6 is 22.9 Å². The number of hydrogen-bond donors (Lipinski definition) is 1. The van der Waals surface area contributed by atoms with E-state index in [1.54, 1.807) is 25.3 Å². The van der Waals surface area contributed by atoms with E-state index in [1.165, 1.54) is 11.3 Å². The molecule has 0 aliphatic carbocycles. The summed E-state index contributed by atoms with van der Waals surface area (Å²) in [6.45, 7) is 2.01. The molecule has 1 aromatic heterocycles. The number of thiazole rings is 1. The zero-order chi connectivity index (χ0) is 18.0. The summed E-state index contributed by atoms with van der Waals surface area (Å²) in [4.78, 5) is 16.7. The molecule has 6 heteroatoms. The van der Waals surface area contributed by atoms with Crippen molar-refractivity contribution in [2.24, 2.45) is 0 Å². The summed E-state index contributed by atoms with van der Waals surface area (Å²) in [5.74, 6) is -0.239. The molecule has 3 aromatic rings. The molecule has 1 N–H and O–H groups in total. The molecule has 0 bridgehead atoms. The van der Waals surface area contributed by atoms with Gasteiger partial charge in [-0.05, 0) is 25.1 Å². The first kappa shape index (κ1) is 17.5. The van der Waals surface area contributed by atoms with Crippen LogP contribution < -0.4 is 4.74 Å². The maximum Gasteiger partial charge on any atom is 0.308 e. The third-order valence-corrected chi connectivity index (χ3v) is 5.05. The highest BCUT2D eigenvalue weighted by molar-refractivity contribution is 7.15. The molecule has 0 amide bonds. The van der Waals surface area contributed by atoms with Gasteiger partial charge in [0, 0.05) is 15.5 Å². The van der Waals surface area contributed by atoms with Gasteiger partial charge < -0.3 is 9.84 Å². The average Bonchev–Trinajstić information content (AvgIpc) is 2.98. The number of benzene rings is 2. The van der Waals surface area contributed by atoms with Crippen LogP contribution in [0.2, 0.25) is 5.02 Å². The molecular weight excluding hydrogens is 358 g/mol.